The van der Waals surface area contributed by atoms with E-state index in [1.165, 1.54) is 6.07 Å². The van der Waals surface area contributed by atoms with E-state index in [4.69, 9.17) is 18.0 Å². The van der Waals surface area contributed by atoms with Crippen molar-refractivity contribution in [1.82, 2.24) is 5.32 Å². The number of benzene rings is 1. The highest BCUT2D eigenvalue weighted by atomic mass is 32.1. The fourth-order valence-corrected chi connectivity index (χ4v) is 1.71. The van der Waals surface area contributed by atoms with Crippen LogP contribution in [-0.2, 0) is 11.3 Å². The van der Waals surface area contributed by atoms with Gasteiger partial charge in [-0.2, -0.15) is 0 Å². The number of thiocarbonyl (C=S) groups is 1. The molecule has 0 atom stereocenters. The summed E-state index contributed by atoms with van der Waals surface area (Å²) >= 11 is 4.77. The van der Waals surface area contributed by atoms with E-state index in [9.17, 15) is 9.18 Å². The lowest BCUT2D eigenvalue weighted by atomic mass is 9.92. The van der Waals surface area contributed by atoms with Gasteiger partial charge in [0.05, 0.1) is 0 Å². The first kappa shape index (κ1) is 15.6. The number of carbonyl (C=O) groups excluding carboxylic acids is 1. The molecule has 0 saturated carbocycles. The molecule has 5 heteroatoms. The average Bonchev–Trinajstić information content (AvgIpc) is 2.24. The second-order valence-corrected chi connectivity index (χ2v) is 6.12. The van der Waals surface area contributed by atoms with Gasteiger partial charge < -0.3 is 11.1 Å². The van der Waals surface area contributed by atoms with Crippen molar-refractivity contribution in [3.05, 3.63) is 35.1 Å². The number of carbonyl (C=O) groups is 1. The first-order valence-corrected chi connectivity index (χ1v) is 6.45. The normalized spacial score (nSPS) is 11.2. The van der Waals surface area contributed by atoms with Gasteiger partial charge in [-0.3, -0.25) is 4.79 Å². The van der Waals surface area contributed by atoms with Crippen LogP contribution < -0.4 is 11.1 Å². The van der Waals surface area contributed by atoms with Crippen LogP contribution in [0.25, 0.3) is 0 Å². The van der Waals surface area contributed by atoms with Gasteiger partial charge in [-0.15, -0.1) is 0 Å². The van der Waals surface area contributed by atoms with Gasteiger partial charge in [0.1, 0.15) is 10.8 Å². The van der Waals surface area contributed by atoms with Crippen LogP contribution in [0, 0.1) is 11.2 Å². The van der Waals surface area contributed by atoms with Crippen LogP contribution in [-0.4, -0.2) is 10.9 Å². The Morgan fingerprint density at radius 1 is 1.42 bits per heavy atom. The van der Waals surface area contributed by atoms with E-state index >= 15 is 0 Å². The van der Waals surface area contributed by atoms with E-state index < -0.39 is 5.82 Å². The van der Waals surface area contributed by atoms with Gasteiger partial charge in [-0.25, -0.2) is 4.39 Å². The summed E-state index contributed by atoms with van der Waals surface area (Å²) in [5.41, 5.74) is 6.24. The predicted molar refractivity (Wildman–Crippen MR) is 78.2 cm³/mol. The second kappa shape index (κ2) is 6.10. The summed E-state index contributed by atoms with van der Waals surface area (Å²) in [6, 6.07) is 4.52. The lowest BCUT2D eigenvalue weighted by molar-refractivity contribution is -0.122. The summed E-state index contributed by atoms with van der Waals surface area (Å²) in [6.45, 7) is 6.09. The van der Waals surface area contributed by atoms with Crippen LogP contribution in [0.5, 0.6) is 0 Å². The third-order valence-corrected chi connectivity index (χ3v) is 2.74. The Hall–Kier alpha value is -1.49. The van der Waals surface area contributed by atoms with Crippen LogP contribution in [0.1, 0.15) is 38.3 Å². The molecule has 0 aliphatic heterocycles. The Labute approximate surface area is 118 Å². The standard InChI is InChI=1S/C14H19FN2OS/c1-14(2,3)7-12(18)17-8-10-5-4-9(13(16)19)6-11(10)15/h4-6H,7-8H2,1-3H3,(H2,16,19)(H,17,18). The van der Waals surface area contributed by atoms with Crippen molar-refractivity contribution in [1.29, 1.82) is 0 Å². The summed E-state index contributed by atoms with van der Waals surface area (Å²) in [4.78, 5) is 11.8. The SMILES string of the molecule is CC(C)(C)CC(=O)NCc1ccc(C(N)=S)cc1F. The monoisotopic (exact) mass is 282 g/mol. The first-order chi connectivity index (χ1) is 8.69. The zero-order chi connectivity index (χ0) is 14.6. The van der Waals surface area contributed by atoms with E-state index in [1.807, 2.05) is 20.8 Å². The summed E-state index contributed by atoms with van der Waals surface area (Å²) < 4.78 is 13.7. The molecule has 104 valence electrons. The van der Waals surface area contributed by atoms with Crippen LogP contribution in [0.2, 0.25) is 0 Å². The minimum Gasteiger partial charge on any atom is -0.389 e. The molecule has 19 heavy (non-hydrogen) atoms. The van der Waals surface area contributed by atoms with E-state index in [0.29, 0.717) is 17.5 Å². The van der Waals surface area contributed by atoms with Gasteiger partial charge in [0.25, 0.3) is 0 Å². The van der Waals surface area contributed by atoms with Gasteiger partial charge in [0, 0.05) is 24.1 Å². The fourth-order valence-electron chi connectivity index (χ4n) is 1.58. The minimum atomic E-state index is -0.415. The molecule has 0 unspecified atom stereocenters. The Morgan fingerprint density at radius 3 is 2.53 bits per heavy atom. The first-order valence-electron chi connectivity index (χ1n) is 6.04. The fraction of sp³-hybridized carbons (Fsp3) is 0.429. The predicted octanol–water partition coefficient (Wildman–Crippen LogP) is 2.51. The highest BCUT2D eigenvalue weighted by molar-refractivity contribution is 7.80. The smallest absolute Gasteiger partial charge is 0.220 e. The van der Waals surface area contributed by atoms with E-state index in [2.05, 4.69) is 5.32 Å². The molecule has 0 aliphatic carbocycles. The number of hydrogen-bond donors (Lipinski definition) is 2. The molecule has 1 aromatic carbocycles. The second-order valence-electron chi connectivity index (χ2n) is 5.68. The molecule has 3 N–H and O–H groups in total. The number of nitrogens with one attached hydrogen (secondary N) is 1. The number of hydrogen-bond acceptors (Lipinski definition) is 2. The molecule has 0 bridgehead atoms. The molecule has 0 aromatic heterocycles. The van der Waals surface area contributed by atoms with Crippen molar-refractivity contribution in [2.24, 2.45) is 11.1 Å². The molecule has 3 nitrogen and oxygen atoms in total. The maximum Gasteiger partial charge on any atom is 0.220 e. The molecular formula is C14H19FN2OS. The third-order valence-electron chi connectivity index (χ3n) is 2.50. The maximum absolute atomic E-state index is 13.7. The van der Waals surface area contributed by atoms with Gasteiger partial charge in [-0.05, 0) is 11.5 Å². The average molecular weight is 282 g/mol. The lowest BCUT2D eigenvalue weighted by Crippen LogP contribution is -2.27. The minimum absolute atomic E-state index is 0.0851. The van der Waals surface area contributed by atoms with Crippen LogP contribution >= 0.6 is 12.2 Å². The summed E-state index contributed by atoms with van der Waals surface area (Å²) in [5, 5.41) is 2.70. The largest absolute Gasteiger partial charge is 0.389 e. The van der Waals surface area contributed by atoms with Gasteiger partial charge >= 0.3 is 0 Å². The third kappa shape index (κ3) is 5.34. The van der Waals surface area contributed by atoms with Crippen molar-refractivity contribution < 1.29 is 9.18 Å². The molecule has 0 aliphatic rings. The summed E-state index contributed by atoms with van der Waals surface area (Å²) in [6.07, 6.45) is 0.402. The number of amides is 1. The zero-order valence-corrected chi connectivity index (χ0v) is 12.2. The van der Waals surface area contributed by atoms with Crippen molar-refractivity contribution in [2.75, 3.05) is 0 Å². The molecule has 0 fully saturated rings. The van der Waals surface area contributed by atoms with Crippen LogP contribution in [0.4, 0.5) is 4.39 Å². The zero-order valence-electron chi connectivity index (χ0n) is 11.4. The molecule has 0 saturated heterocycles. The molecular weight excluding hydrogens is 263 g/mol. The molecule has 0 radical (unpaired) electrons. The van der Waals surface area contributed by atoms with Crippen molar-refractivity contribution in [3.63, 3.8) is 0 Å². The Morgan fingerprint density at radius 2 is 2.05 bits per heavy atom. The highest BCUT2D eigenvalue weighted by Crippen LogP contribution is 2.18. The van der Waals surface area contributed by atoms with E-state index in [0.717, 1.165) is 0 Å². The van der Waals surface area contributed by atoms with Crippen molar-refractivity contribution >= 4 is 23.1 Å². The van der Waals surface area contributed by atoms with Crippen LogP contribution in [0.3, 0.4) is 0 Å². The summed E-state index contributed by atoms with van der Waals surface area (Å²) in [5.74, 6) is -0.508. The maximum atomic E-state index is 13.7. The van der Waals surface area contributed by atoms with E-state index in [1.54, 1.807) is 12.1 Å². The number of rotatable bonds is 4. The number of halogens is 1. The van der Waals surface area contributed by atoms with Crippen molar-refractivity contribution in [3.8, 4) is 0 Å². The highest BCUT2D eigenvalue weighted by Gasteiger charge is 2.16. The molecule has 1 aromatic rings. The Balaban J connectivity index is 2.64. The Bertz CT molecular complexity index is 495. The molecule has 0 heterocycles. The molecule has 0 spiro atoms. The lowest BCUT2D eigenvalue weighted by Gasteiger charge is -2.17. The van der Waals surface area contributed by atoms with Gasteiger partial charge in [0.2, 0.25) is 5.91 Å². The number of nitrogens with two attached hydrogens (primary N) is 1. The van der Waals surface area contributed by atoms with Crippen molar-refractivity contribution in [2.45, 2.75) is 33.7 Å². The summed E-state index contributed by atoms with van der Waals surface area (Å²) in [7, 11) is 0. The molecule has 1 rings (SSSR count). The topological polar surface area (TPSA) is 55.1 Å². The van der Waals surface area contributed by atoms with Gasteiger partial charge in [-0.1, -0.05) is 45.1 Å². The van der Waals surface area contributed by atoms with Gasteiger partial charge in [0.15, 0.2) is 0 Å². The molecule has 1 amide bonds. The van der Waals surface area contributed by atoms with E-state index in [-0.39, 0.29) is 22.9 Å². The Kier molecular flexibility index (Phi) is 5.00. The van der Waals surface area contributed by atoms with Crippen LogP contribution in [0.15, 0.2) is 18.2 Å². The quantitative estimate of drug-likeness (QED) is 0.834.